The highest BCUT2D eigenvalue weighted by Gasteiger charge is 2.08. The molecular weight excluding hydrogens is 212 g/mol. The molecule has 0 saturated heterocycles. The van der Waals surface area contributed by atoms with Gasteiger partial charge in [0.15, 0.2) is 5.82 Å². The smallest absolute Gasteiger partial charge is 0.152 e. The minimum absolute atomic E-state index is 0.250. The van der Waals surface area contributed by atoms with Crippen molar-refractivity contribution >= 4 is 22.9 Å². The van der Waals surface area contributed by atoms with Gasteiger partial charge in [-0.25, -0.2) is 9.50 Å². The Labute approximate surface area is 93.3 Å². The molecule has 0 aliphatic carbocycles. The number of hydrogen-bond acceptors (Lipinski definition) is 3. The number of nitrogens with zero attached hydrogens (tertiary/aromatic N) is 3. The molecule has 0 amide bonds. The van der Waals surface area contributed by atoms with E-state index in [-0.39, 0.29) is 6.04 Å². The van der Waals surface area contributed by atoms with Gasteiger partial charge in [0, 0.05) is 24.3 Å². The van der Waals surface area contributed by atoms with Crippen LogP contribution in [-0.2, 0) is 0 Å². The molecule has 15 heavy (non-hydrogen) atoms. The molecule has 0 radical (unpaired) electrons. The third-order valence-electron chi connectivity index (χ3n) is 2.34. The minimum Gasteiger partial charge on any atom is -0.364 e. The lowest BCUT2D eigenvalue weighted by atomic mass is 10.2. The number of anilines is 1. The van der Waals surface area contributed by atoms with Gasteiger partial charge in [0.1, 0.15) is 5.52 Å². The maximum atomic E-state index is 5.83. The summed E-state index contributed by atoms with van der Waals surface area (Å²) in [6, 6.07) is 2.18. The van der Waals surface area contributed by atoms with Gasteiger partial charge in [-0.2, -0.15) is 5.10 Å². The first kappa shape index (κ1) is 10.2. The van der Waals surface area contributed by atoms with E-state index in [9.17, 15) is 0 Å². The number of fused-ring (bicyclic) bond motifs is 1. The van der Waals surface area contributed by atoms with E-state index in [1.165, 1.54) is 0 Å². The molecule has 80 valence electrons. The third kappa shape index (κ3) is 2.04. The largest absolute Gasteiger partial charge is 0.364 e. The summed E-state index contributed by atoms with van der Waals surface area (Å²) in [4.78, 5) is 4.28. The van der Waals surface area contributed by atoms with E-state index in [4.69, 9.17) is 11.6 Å². The van der Waals surface area contributed by atoms with Gasteiger partial charge >= 0.3 is 0 Å². The number of alkyl halides is 1. The number of nitrogens with one attached hydrogen (secondary N) is 1. The molecule has 0 saturated carbocycles. The second kappa shape index (κ2) is 4.49. The van der Waals surface area contributed by atoms with Crippen molar-refractivity contribution in [3.05, 3.63) is 24.7 Å². The van der Waals surface area contributed by atoms with Crippen molar-refractivity contribution in [2.45, 2.75) is 19.4 Å². The van der Waals surface area contributed by atoms with E-state index in [0.717, 1.165) is 17.8 Å². The van der Waals surface area contributed by atoms with Crippen molar-refractivity contribution in [3.8, 4) is 0 Å². The lowest BCUT2D eigenvalue weighted by molar-refractivity contribution is 0.764. The molecule has 0 aliphatic rings. The van der Waals surface area contributed by atoms with Crippen LogP contribution in [0.1, 0.15) is 13.3 Å². The monoisotopic (exact) mass is 224 g/mol. The van der Waals surface area contributed by atoms with Gasteiger partial charge in [0.05, 0.1) is 6.20 Å². The van der Waals surface area contributed by atoms with E-state index in [0.29, 0.717) is 5.88 Å². The number of hydrogen-bond donors (Lipinski definition) is 1. The highest BCUT2D eigenvalue weighted by atomic mass is 35.5. The Morgan fingerprint density at radius 3 is 3.13 bits per heavy atom. The summed E-state index contributed by atoms with van der Waals surface area (Å²) in [7, 11) is 0. The van der Waals surface area contributed by atoms with Gasteiger partial charge in [-0.05, 0) is 12.5 Å². The Morgan fingerprint density at radius 2 is 2.40 bits per heavy atom. The van der Waals surface area contributed by atoms with E-state index in [1.54, 1.807) is 16.9 Å². The van der Waals surface area contributed by atoms with Crippen LogP contribution in [0.25, 0.3) is 5.52 Å². The summed E-state index contributed by atoms with van der Waals surface area (Å²) in [6.07, 6.45) is 6.27. The van der Waals surface area contributed by atoms with Crippen LogP contribution in [0.4, 0.5) is 5.82 Å². The molecule has 2 heterocycles. The molecule has 0 aliphatic heterocycles. The van der Waals surface area contributed by atoms with Crippen LogP contribution in [-0.4, -0.2) is 26.5 Å². The summed E-state index contributed by atoms with van der Waals surface area (Å²) in [5.41, 5.74) is 0.973. The lowest BCUT2D eigenvalue weighted by Crippen LogP contribution is -2.21. The maximum Gasteiger partial charge on any atom is 0.152 e. The van der Waals surface area contributed by atoms with Crippen LogP contribution in [0.3, 0.4) is 0 Å². The molecule has 5 heteroatoms. The second-order valence-electron chi connectivity index (χ2n) is 3.34. The molecule has 2 rings (SSSR count). The topological polar surface area (TPSA) is 42.2 Å². The fraction of sp³-hybridized carbons (Fsp3) is 0.400. The Bertz CT molecular complexity index is 436. The Hall–Kier alpha value is -1.29. The van der Waals surface area contributed by atoms with Crippen LogP contribution in [0.15, 0.2) is 24.7 Å². The first-order valence-electron chi connectivity index (χ1n) is 4.96. The predicted octanol–water partition coefficient (Wildman–Crippen LogP) is 2.16. The Morgan fingerprint density at radius 1 is 1.53 bits per heavy atom. The number of rotatable bonds is 4. The highest BCUT2D eigenvalue weighted by Crippen LogP contribution is 2.14. The molecule has 1 unspecified atom stereocenters. The summed E-state index contributed by atoms with van der Waals surface area (Å²) in [6.45, 7) is 2.09. The third-order valence-corrected chi connectivity index (χ3v) is 2.72. The van der Waals surface area contributed by atoms with Crippen molar-refractivity contribution in [1.82, 2.24) is 14.6 Å². The molecule has 2 aromatic rings. The first-order chi connectivity index (χ1) is 7.35. The van der Waals surface area contributed by atoms with E-state index in [1.807, 2.05) is 12.3 Å². The molecule has 0 bridgehead atoms. The fourth-order valence-corrected chi connectivity index (χ4v) is 1.71. The van der Waals surface area contributed by atoms with Gasteiger partial charge in [-0.15, -0.1) is 11.6 Å². The molecule has 1 N–H and O–H groups in total. The van der Waals surface area contributed by atoms with Gasteiger partial charge in [-0.1, -0.05) is 6.92 Å². The molecule has 0 spiro atoms. The lowest BCUT2D eigenvalue weighted by Gasteiger charge is -2.14. The van der Waals surface area contributed by atoms with Gasteiger partial charge < -0.3 is 5.32 Å². The quantitative estimate of drug-likeness (QED) is 0.810. The average molecular weight is 225 g/mol. The van der Waals surface area contributed by atoms with Crippen molar-refractivity contribution in [3.63, 3.8) is 0 Å². The molecule has 2 aromatic heterocycles. The zero-order valence-corrected chi connectivity index (χ0v) is 9.28. The number of aromatic nitrogens is 3. The Kier molecular flexibility index (Phi) is 3.06. The zero-order chi connectivity index (χ0) is 10.7. The van der Waals surface area contributed by atoms with E-state index in [2.05, 4.69) is 22.3 Å². The van der Waals surface area contributed by atoms with Gasteiger partial charge in [-0.3, -0.25) is 0 Å². The second-order valence-corrected chi connectivity index (χ2v) is 3.65. The molecular formula is C10H13ClN4. The van der Waals surface area contributed by atoms with Crippen molar-refractivity contribution < 1.29 is 0 Å². The Balaban J connectivity index is 2.30. The first-order valence-corrected chi connectivity index (χ1v) is 5.49. The molecule has 0 fully saturated rings. The van der Waals surface area contributed by atoms with Crippen LogP contribution in [0.2, 0.25) is 0 Å². The van der Waals surface area contributed by atoms with Crippen molar-refractivity contribution in [2.24, 2.45) is 0 Å². The molecule has 1 atom stereocenters. The maximum absolute atomic E-state index is 5.83. The van der Waals surface area contributed by atoms with Crippen LogP contribution in [0, 0.1) is 0 Å². The van der Waals surface area contributed by atoms with Crippen molar-refractivity contribution in [1.29, 1.82) is 0 Å². The normalized spacial score (nSPS) is 12.9. The van der Waals surface area contributed by atoms with Crippen molar-refractivity contribution in [2.75, 3.05) is 11.2 Å². The summed E-state index contributed by atoms with van der Waals surface area (Å²) in [5.74, 6) is 1.41. The predicted molar refractivity (Wildman–Crippen MR) is 61.4 cm³/mol. The van der Waals surface area contributed by atoms with E-state index >= 15 is 0 Å². The minimum atomic E-state index is 0.250. The number of halogens is 1. The fourth-order valence-electron chi connectivity index (χ4n) is 1.41. The van der Waals surface area contributed by atoms with Gasteiger partial charge in [0.25, 0.3) is 0 Å². The SMILES string of the molecule is CCC(CCl)Nc1nccn2nccc12. The summed E-state index contributed by atoms with van der Waals surface area (Å²) < 4.78 is 1.79. The van der Waals surface area contributed by atoms with Gasteiger partial charge in [0.2, 0.25) is 0 Å². The molecule has 4 nitrogen and oxygen atoms in total. The van der Waals surface area contributed by atoms with Crippen LogP contribution in [0.5, 0.6) is 0 Å². The average Bonchev–Trinajstić information content (AvgIpc) is 2.74. The van der Waals surface area contributed by atoms with Crippen LogP contribution < -0.4 is 5.32 Å². The molecule has 0 aromatic carbocycles. The van der Waals surface area contributed by atoms with E-state index < -0.39 is 0 Å². The van der Waals surface area contributed by atoms with Crippen LogP contribution >= 0.6 is 11.6 Å². The summed E-state index contributed by atoms with van der Waals surface area (Å²) in [5, 5.41) is 7.45. The summed E-state index contributed by atoms with van der Waals surface area (Å²) >= 11 is 5.83. The highest BCUT2D eigenvalue weighted by molar-refractivity contribution is 6.18. The standard InChI is InChI=1S/C10H13ClN4/c1-2-8(7-11)14-10-9-3-4-13-15(9)6-5-12-10/h3-6,8H,2,7H2,1H3,(H,12,14). The zero-order valence-electron chi connectivity index (χ0n) is 8.52.